The number of hydrogen-bond donors (Lipinski definition) is 1. The third kappa shape index (κ3) is 5.05. The zero-order valence-electron chi connectivity index (χ0n) is 18.2. The predicted molar refractivity (Wildman–Crippen MR) is 136 cm³/mol. The highest BCUT2D eigenvalue weighted by Crippen LogP contribution is 2.44. The molecule has 1 aliphatic heterocycles. The molecule has 1 fully saturated rings. The fraction of sp³-hybridized carbons (Fsp3) is 0.0833. The quantitative estimate of drug-likeness (QED) is 0.173. The molecular formula is C24H17Br2N3O6. The highest BCUT2D eigenvalue weighted by Gasteiger charge is 2.34. The van der Waals surface area contributed by atoms with Gasteiger partial charge in [0.1, 0.15) is 12.2 Å². The molecule has 0 atom stereocenters. The number of rotatable bonds is 7. The second-order valence-electron chi connectivity index (χ2n) is 7.32. The average molecular weight is 603 g/mol. The predicted octanol–water partition coefficient (Wildman–Crippen LogP) is 5.17. The summed E-state index contributed by atoms with van der Waals surface area (Å²) in [5.74, 6) is -0.342. The first-order valence-corrected chi connectivity index (χ1v) is 11.7. The van der Waals surface area contributed by atoms with E-state index in [1.807, 2.05) is 6.07 Å². The lowest BCUT2D eigenvalue weighted by Gasteiger charge is -2.16. The van der Waals surface area contributed by atoms with E-state index >= 15 is 0 Å². The molecule has 0 aliphatic carbocycles. The second kappa shape index (κ2) is 10.3. The molecule has 35 heavy (non-hydrogen) atoms. The largest absolute Gasteiger partial charge is 0.493 e. The number of carbonyl (C=O) groups is 2. The summed E-state index contributed by atoms with van der Waals surface area (Å²) in [7, 11) is 1.46. The molecule has 1 aliphatic rings. The van der Waals surface area contributed by atoms with Crippen molar-refractivity contribution in [1.29, 1.82) is 0 Å². The van der Waals surface area contributed by atoms with Crippen LogP contribution in [0.1, 0.15) is 11.1 Å². The molecule has 0 spiro atoms. The van der Waals surface area contributed by atoms with Crippen LogP contribution in [0.5, 0.6) is 11.5 Å². The monoisotopic (exact) mass is 601 g/mol. The zero-order valence-corrected chi connectivity index (χ0v) is 21.3. The minimum Gasteiger partial charge on any atom is -0.493 e. The molecule has 0 aromatic heterocycles. The maximum atomic E-state index is 12.9. The maximum Gasteiger partial charge on any atom is 0.282 e. The van der Waals surface area contributed by atoms with Gasteiger partial charge in [0.2, 0.25) is 0 Å². The van der Waals surface area contributed by atoms with Crippen LogP contribution < -0.4 is 19.9 Å². The number of nitro benzene ring substituents is 1. The van der Waals surface area contributed by atoms with Gasteiger partial charge in [-0.1, -0.05) is 30.3 Å². The van der Waals surface area contributed by atoms with Crippen LogP contribution in [0.15, 0.2) is 75.2 Å². The number of nitrogens with one attached hydrogen (secondary N) is 1. The Morgan fingerprint density at radius 2 is 1.80 bits per heavy atom. The Bertz CT molecular complexity index is 1360. The Morgan fingerprint density at radius 3 is 2.49 bits per heavy atom. The van der Waals surface area contributed by atoms with E-state index in [-0.39, 0.29) is 17.9 Å². The fourth-order valence-electron chi connectivity index (χ4n) is 3.38. The van der Waals surface area contributed by atoms with Gasteiger partial charge >= 0.3 is 0 Å². The Hall–Kier alpha value is -3.70. The van der Waals surface area contributed by atoms with Gasteiger partial charge in [0.25, 0.3) is 17.5 Å². The number of para-hydroxylation sites is 1. The number of nitrogens with zero attached hydrogens (tertiary/aromatic N) is 2. The van der Waals surface area contributed by atoms with Gasteiger partial charge in [-0.2, -0.15) is 0 Å². The summed E-state index contributed by atoms with van der Waals surface area (Å²) in [4.78, 5) is 36.0. The Kier molecular flexibility index (Phi) is 7.17. The second-order valence-corrected chi connectivity index (χ2v) is 8.90. The lowest BCUT2D eigenvalue weighted by atomic mass is 10.1. The van der Waals surface area contributed by atoms with Crippen molar-refractivity contribution in [3.05, 3.63) is 96.4 Å². The molecule has 4 rings (SSSR count). The molecule has 3 aromatic rings. The number of benzene rings is 3. The molecule has 0 unspecified atom stereocenters. The first kappa shape index (κ1) is 24.4. The molecule has 0 saturated carbocycles. The Balaban J connectivity index is 1.63. The van der Waals surface area contributed by atoms with E-state index in [9.17, 15) is 19.7 Å². The topological polar surface area (TPSA) is 111 Å². The third-order valence-electron chi connectivity index (χ3n) is 5.09. The van der Waals surface area contributed by atoms with Crippen LogP contribution in [0.4, 0.5) is 11.4 Å². The number of hydrogen-bond acceptors (Lipinski definition) is 6. The molecule has 9 nitrogen and oxygen atoms in total. The van der Waals surface area contributed by atoms with Crippen molar-refractivity contribution in [1.82, 2.24) is 5.43 Å². The molecule has 1 heterocycles. The van der Waals surface area contributed by atoms with Crippen LogP contribution in [-0.4, -0.2) is 23.8 Å². The summed E-state index contributed by atoms with van der Waals surface area (Å²) in [5, 5.41) is 12.2. The third-order valence-corrected chi connectivity index (χ3v) is 7.23. The van der Waals surface area contributed by atoms with Crippen molar-refractivity contribution >= 4 is 61.1 Å². The van der Waals surface area contributed by atoms with Gasteiger partial charge in [-0.15, -0.1) is 0 Å². The number of halogens is 2. The van der Waals surface area contributed by atoms with Crippen molar-refractivity contribution in [2.24, 2.45) is 0 Å². The summed E-state index contributed by atoms with van der Waals surface area (Å²) in [6, 6.07) is 16.5. The molecule has 2 amide bonds. The number of nitro groups is 1. The number of non-ortho nitro benzene ring substituents is 1. The molecule has 178 valence electrons. The van der Waals surface area contributed by atoms with Gasteiger partial charge in [0, 0.05) is 16.6 Å². The molecule has 1 N–H and O–H groups in total. The van der Waals surface area contributed by atoms with E-state index < -0.39 is 16.7 Å². The molecular weight excluding hydrogens is 586 g/mol. The van der Waals surface area contributed by atoms with Crippen LogP contribution in [-0.2, 0) is 16.2 Å². The van der Waals surface area contributed by atoms with Gasteiger partial charge in [0.15, 0.2) is 11.5 Å². The molecule has 1 saturated heterocycles. The van der Waals surface area contributed by atoms with E-state index in [0.717, 1.165) is 0 Å². The minimum atomic E-state index is -0.535. The standard InChI is InChI=1S/C24H17Br2N3O6/c1-34-19-12-15(11-18-23(30)27-28(24(18)31)16-7-3-2-4-8-16)20(25)21(26)22(19)35-13-14-6-5-9-17(10-14)29(32)33/h2-12H,13H2,1H3,(H,27,30)/b18-11-. The average Bonchev–Trinajstić information content (AvgIpc) is 3.15. The van der Waals surface area contributed by atoms with Gasteiger partial charge < -0.3 is 9.47 Å². The van der Waals surface area contributed by atoms with Crippen LogP contribution in [0.2, 0.25) is 0 Å². The summed E-state index contributed by atoms with van der Waals surface area (Å²) < 4.78 is 12.4. The maximum absolute atomic E-state index is 12.9. The molecule has 0 bridgehead atoms. The van der Waals surface area contributed by atoms with Crippen LogP contribution in [0.25, 0.3) is 6.08 Å². The van der Waals surface area contributed by atoms with Crippen molar-refractivity contribution in [2.45, 2.75) is 6.61 Å². The Labute approximate surface area is 216 Å². The number of hydrazine groups is 1. The summed E-state index contributed by atoms with van der Waals surface area (Å²) in [5.41, 5.74) is 4.12. The van der Waals surface area contributed by atoms with Crippen LogP contribution in [0.3, 0.4) is 0 Å². The van der Waals surface area contributed by atoms with Gasteiger partial charge in [0.05, 0.1) is 22.2 Å². The van der Waals surface area contributed by atoms with E-state index in [4.69, 9.17) is 9.47 Å². The first-order chi connectivity index (χ1) is 16.8. The van der Waals surface area contributed by atoms with Gasteiger partial charge in [-0.3, -0.25) is 25.1 Å². The van der Waals surface area contributed by atoms with Gasteiger partial charge in [-0.25, -0.2) is 5.01 Å². The Morgan fingerprint density at radius 1 is 1.06 bits per heavy atom. The summed E-state index contributed by atoms with van der Waals surface area (Å²) in [6.07, 6.45) is 1.46. The fourth-order valence-corrected chi connectivity index (χ4v) is 4.33. The lowest BCUT2D eigenvalue weighted by molar-refractivity contribution is -0.384. The number of carbonyl (C=O) groups excluding carboxylic acids is 2. The van der Waals surface area contributed by atoms with Crippen LogP contribution >= 0.6 is 31.9 Å². The van der Waals surface area contributed by atoms with Gasteiger partial charge in [-0.05, 0) is 67.3 Å². The molecule has 0 radical (unpaired) electrons. The number of anilines is 1. The first-order valence-electron chi connectivity index (χ1n) is 10.1. The highest BCUT2D eigenvalue weighted by atomic mass is 79.9. The van der Waals surface area contributed by atoms with E-state index in [2.05, 4.69) is 37.3 Å². The van der Waals surface area contributed by atoms with E-state index in [0.29, 0.717) is 37.3 Å². The number of ether oxygens (including phenoxy) is 2. The summed E-state index contributed by atoms with van der Waals surface area (Å²) >= 11 is 6.96. The normalized spacial score (nSPS) is 14.3. The van der Waals surface area contributed by atoms with Crippen molar-refractivity contribution < 1.29 is 24.0 Å². The lowest BCUT2D eigenvalue weighted by Crippen LogP contribution is -2.35. The van der Waals surface area contributed by atoms with Crippen LogP contribution in [0, 0.1) is 10.1 Å². The van der Waals surface area contributed by atoms with E-state index in [1.165, 1.54) is 30.3 Å². The molecule has 11 heteroatoms. The highest BCUT2D eigenvalue weighted by molar-refractivity contribution is 9.13. The smallest absolute Gasteiger partial charge is 0.282 e. The molecule has 3 aromatic carbocycles. The number of methoxy groups -OCH3 is 1. The summed E-state index contributed by atoms with van der Waals surface area (Å²) in [6.45, 7) is 0.0520. The van der Waals surface area contributed by atoms with E-state index in [1.54, 1.807) is 42.5 Å². The zero-order chi connectivity index (χ0) is 25.1. The number of amides is 2. The van der Waals surface area contributed by atoms with Crippen molar-refractivity contribution in [3.8, 4) is 11.5 Å². The minimum absolute atomic E-state index is 0.0377. The van der Waals surface area contributed by atoms with Crippen molar-refractivity contribution in [3.63, 3.8) is 0 Å². The SMILES string of the molecule is COc1cc(/C=C2/C(=O)NN(c3ccccc3)C2=O)c(Br)c(Br)c1OCc1cccc([N+](=O)[O-])c1. The van der Waals surface area contributed by atoms with Crippen molar-refractivity contribution in [2.75, 3.05) is 12.1 Å².